The fourth-order valence-electron chi connectivity index (χ4n) is 0.655. The normalized spacial score (nSPS) is 16.3. The van der Waals surface area contributed by atoms with Gasteiger partial charge in [-0.3, -0.25) is 4.79 Å². The van der Waals surface area contributed by atoms with Crippen LogP contribution in [-0.2, 0) is 4.79 Å². The van der Waals surface area contributed by atoms with E-state index in [-0.39, 0.29) is 6.42 Å². The zero-order valence-corrected chi connectivity index (χ0v) is 6.77. The highest BCUT2D eigenvalue weighted by molar-refractivity contribution is 7.80. The van der Waals surface area contributed by atoms with Gasteiger partial charge in [0.25, 0.3) is 0 Å². The van der Waals surface area contributed by atoms with Crippen molar-refractivity contribution in [2.75, 3.05) is 5.75 Å². The van der Waals surface area contributed by atoms with Crippen LogP contribution in [0.3, 0.4) is 0 Å². The highest BCUT2D eigenvalue weighted by atomic mass is 32.1. The molecular weight excluding hydrogens is 152 g/mol. The van der Waals surface area contributed by atoms with Crippen LogP contribution in [-0.4, -0.2) is 27.5 Å². The van der Waals surface area contributed by atoms with E-state index in [1.807, 2.05) is 0 Å². The van der Waals surface area contributed by atoms with Crippen molar-refractivity contribution in [1.82, 2.24) is 0 Å². The molecule has 0 unspecified atom stereocenters. The molecule has 0 amide bonds. The number of carboxylic acids is 1. The number of aliphatic hydroxyl groups is 1. The smallest absolute Gasteiger partial charge is 0.306 e. The van der Waals surface area contributed by atoms with Crippen LogP contribution in [0.15, 0.2) is 0 Å². The molecule has 0 aromatic rings. The summed E-state index contributed by atoms with van der Waals surface area (Å²) in [6.45, 7) is 1.50. The molecule has 10 heavy (non-hydrogen) atoms. The minimum Gasteiger partial charge on any atom is -0.481 e. The minimum atomic E-state index is -1.10. The first-order chi connectivity index (χ1) is 4.48. The topological polar surface area (TPSA) is 57.5 Å². The third-order valence-corrected chi connectivity index (χ3v) is 1.41. The number of hydrogen-bond acceptors (Lipinski definition) is 3. The lowest BCUT2D eigenvalue weighted by atomic mass is 10.00. The van der Waals surface area contributed by atoms with Crippen molar-refractivity contribution >= 4 is 18.6 Å². The molecule has 3 nitrogen and oxygen atoms in total. The monoisotopic (exact) mass is 164 g/mol. The third-order valence-electron chi connectivity index (χ3n) is 1.18. The van der Waals surface area contributed by atoms with Gasteiger partial charge in [-0.05, 0) is 19.1 Å². The second-order valence-electron chi connectivity index (χ2n) is 2.54. The van der Waals surface area contributed by atoms with Crippen molar-refractivity contribution in [3.63, 3.8) is 0 Å². The Morgan fingerprint density at radius 2 is 2.20 bits per heavy atom. The van der Waals surface area contributed by atoms with Crippen molar-refractivity contribution < 1.29 is 15.0 Å². The number of thiol groups is 1. The van der Waals surface area contributed by atoms with Crippen LogP contribution in [0.1, 0.15) is 19.8 Å². The standard InChI is InChI=1S/C6H12O3S/c1-6(9,2-3-10)4-5(7)8/h9-10H,2-4H2,1H3,(H,7,8)/t6-/m1/s1. The van der Waals surface area contributed by atoms with Crippen molar-refractivity contribution in [2.45, 2.75) is 25.4 Å². The minimum absolute atomic E-state index is 0.215. The van der Waals surface area contributed by atoms with Gasteiger partial charge in [0.05, 0.1) is 12.0 Å². The molecule has 0 radical (unpaired) electrons. The molecule has 0 rings (SSSR count). The molecule has 0 bridgehead atoms. The summed E-state index contributed by atoms with van der Waals surface area (Å²) >= 11 is 3.88. The number of rotatable bonds is 4. The second kappa shape index (κ2) is 3.83. The van der Waals surface area contributed by atoms with Gasteiger partial charge in [-0.2, -0.15) is 12.6 Å². The summed E-state index contributed by atoms with van der Waals surface area (Å²) < 4.78 is 0. The summed E-state index contributed by atoms with van der Waals surface area (Å²) in [7, 11) is 0. The van der Waals surface area contributed by atoms with Gasteiger partial charge in [0, 0.05) is 0 Å². The molecule has 0 saturated heterocycles. The number of hydrogen-bond donors (Lipinski definition) is 3. The van der Waals surface area contributed by atoms with E-state index in [1.165, 1.54) is 6.92 Å². The molecule has 0 aliphatic heterocycles. The van der Waals surface area contributed by atoms with Gasteiger partial charge in [-0.25, -0.2) is 0 Å². The van der Waals surface area contributed by atoms with Crippen molar-refractivity contribution in [3.05, 3.63) is 0 Å². The highest BCUT2D eigenvalue weighted by Gasteiger charge is 2.22. The van der Waals surface area contributed by atoms with E-state index in [4.69, 9.17) is 5.11 Å². The second-order valence-corrected chi connectivity index (χ2v) is 2.99. The largest absolute Gasteiger partial charge is 0.481 e. The lowest BCUT2D eigenvalue weighted by Crippen LogP contribution is -2.28. The Labute approximate surface area is 65.5 Å². The number of carboxylic acid groups (broad SMARTS) is 1. The van der Waals surface area contributed by atoms with Crippen LogP contribution in [0, 0.1) is 0 Å². The predicted molar refractivity (Wildman–Crippen MR) is 41.3 cm³/mol. The maximum Gasteiger partial charge on any atom is 0.306 e. The Bertz CT molecular complexity index is 122. The van der Waals surface area contributed by atoms with Gasteiger partial charge in [0.15, 0.2) is 0 Å². The highest BCUT2D eigenvalue weighted by Crippen LogP contribution is 2.14. The van der Waals surface area contributed by atoms with Crippen LogP contribution >= 0.6 is 12.6 Å². The Morgan fingerprint density at radius 3 is 2.50 bits per heavy atom. The average Bonchev–Trinajstić information content (AvgIpc) is 1.59. The molecule has 0 saturated carbocycles. The van der Waals surface area contributed by atoms with Crippen LogP contribution in [0.4, 0.5) is 0 Å². The molecule has 0 spiro atoms. The van der Waals surface area contributed by atoms with Crippen molar-refractivity contribution in [1.29, 1.82) is 0 Å². The Hall–Kier alpha value is -0.220. The van der Waals surface area contributed by atoms with Crippen molar-refractivity contribution in [3.8, 4) is 0 Å². The zero-order chi connectivity index (χ0) is 8.20. The summed E-state index contributed by atoms with van der Waals surface area (Å²) in [4.78, 5) is 10.1. The Balaban J connectivity index is 3.74. The molecular formula is C6H12O3S. The SMILES string of the molecule is C[C@@](O)(CCS)CC(=O)O. The van der Waals surface area contributed by atoms with Crippen molar-refractivity contribution in [2.24, 2.45) is 0 Å². The van der Waals surface area contributed by atoms with Crippen LogP contribution in [0.25, 0.3) is 0 Å². The molecule has 0 aromatic heterocycles. The number of carbonyl (C=O) groups is 1. The van der Waals surface area contributed by atoms with E-state index in [9.17, 15) is 9.90 Å². The molecule has 0 heterocycles. The number of aliphatic carboxylic acids is 1. The molecule has 2 N–H and O–H groups in total. The first kappa shape index (κ1) is 9.78. The molecule has 0 fully saturated rings. The summed E-state index contributed by atoms with van der Waals surface area (Å²) in [5, 5.41) is 17.5. The lowest BCUT2D eigenvalue weighted by Gasteiger charge is -2.19. The van der Waals surface area contributed by atoms with Gasteiger partial charge < -0.3 is 10.2 Å². The van der Waals surface area contributed by atoms with Gasteiger partial charge in [-0.15, -0.1) is 0 Å². The summed E-state index contributed by atoms with van der Waals surface area (Å²) in [6.07, 6.45) is 0.190. The lowest BCUT2D eigenvalue weighted by molar-refractivity contribution is -0.141. The summed E-state index contributed by atoms with van der Waals surface area (Å²) in [6, 6.07) is 0. The van der Waals surface area contributed by atoms with Crippen LogP contribution in [0.5, 0.6) is 0 Å². The average molecular weight is 164 g/mol. The zero-order valence-electron chi connectivity index (χ0n) is 5.87. The molecule has 0 aliphatic carbocycles. The molecule has 0 aliphatic rings. The molecule has 1 atom stereocenters. The van der Waals surface area contributed by atoms with Gasteiger partial charge in [0.1, 0.15) is 0 Å². The fourth-order valence-corrected chi connectivity index (χ4v) is 1.14. The van der Waals surface area contributed by atoms with Gasteiger partial charge in [-0.1, -0.05) is 0 Å². The van der Waals surface area contributed by atoms with Gasteiger partial charge in [0.2, 0.25) is 0 Å². The third kappa shape index (κ3) is 4.64. The molecule has 60 valence electrons. The molecule has 4 heteroatoms. The maximum atomic E-state index is 10.1. The van der Waals surface area contributed by atoms with Crippen LogP contribution < -0.4 is 0 Å². The quantitative estimate of drug-likeness (QED) is 0.531. The summed E-state index contributed by atoms with van der Waals surface area (Å²) in [5.41, 5.74) is -1.10. The fraction of sp³-hybridized carbons (Fsp3) is 0.833. The van der Waals surface area contributed by atoms with E-state index < -0.39 is 11.6 Å². The molecule has 0 aromatic carbocycles. The van der Waals surface area contributed by atoms with Gasteiger partial charge >= 0.3 is 5.97 Å². The van der Waals surface area contributed by atoms with E-state index in [0.717, 1.165) is 0 Å². The first-order valence-electron chi connectivity index (χ1n) is 3.03. The maximum absolute atomic E-state index is 10.1. The Morgan fingerprint density at radius 1 is 1.70 bits per heavy atom. The van der Waals surface area contributed by atoms with E-state index in [2.05, 4.69) is 12.6 Å². The predicted octanol–water partition coefficient (Wildman–Crippen LogP) is 0.532. The summed E-state index contributed by atoms with van der Waals surface area (Å²) in [5.74, 6) is -0.480. The van der Waals surface area contributed by atoms with E-state index in [1.54, 1.807) is 0 Å². The van der Waals surface area contributed by atoms with E-state index >= 15 is 0 Å². The van der Waals surface area contributed by atoms with Crippen LogP contribution in [0.2, 0.25) is 0 Å². The first-order valence-corrected chi connectivity index (χ1v) is 3.66. The Kier molecular flexibility index (Phi) is 3.75. The van der Waals surface area contributed by atoms with E-state index in [0.29, 0.717) is 12.2 Å².